The van der Waals surface area contributed by atoms with Crippen molar-refractivity contribution < 1.29 is 15.6 Å². The summed E-state index contributed by atoms with van der Waals surface area (Å²) in [5.41, 5.74) is 18.4. The van der Waals surface area contributed by atoms with E-state index in [9.17, 15) is 0 Å². The fourth-order valence-electron chi connectivity index (χ4n) is 11.1. The number of halogens is 2. The SMILES string of the molecule is CC1=Cc2c(ccc(-c3ccccc3)c2-c2cc([Si](C)(C)C)cc([Si](C)(C)C)c2)[CH]1[Zr]([Cl])([Cl])([CH]1C(C)=Cc2c1ccc(-c1ccccc1)c2-c1cc([Si](C)(C)C)cc([Si](C)(C)C)c1)[SiH](C)C. The molecule has 2 aliphatic carbocycles. The van der Waals surface area contributed by atoms with Crippen LogP contribution in [0, 0.1) is 0 Å². The molecule has 343 valence electrons. The standard InChI is InChI=1S/2C28H33Si2.C2H7Si.2ClH.Zr/c2*1-20-15-22-13-14-26(21-11-9-8-10-12-21)28(27(22)16-20)23-17-24(29(2,3)4)19-25(18-23)30(5,6)7;1-3-2;;;/h2*8-19H,1-7H3;3H,1-2H3;2*1H;/q;;;;;+2/p-2. The first-order chi connectivity index (χ1) is 30.6. The van der Waals surface area contributed by atoms with E-state index in [0.29, 0.717) is 0 Å². The van der Waals surface area contributed by atoms with E-state index in [1.54, 1.807) is 0 Å². The Labute approximate surface area is 411 Å². The van der Waals surface area contributed by atoms with Crippen molar-refractivity contribution in [2.75, 3.05) is 0 Å². The quantitative estimate of drug-likeness (QED) is 0.113. The summed E-state index contributed by atoms with van der Waals surface area (Å²) in [7, 11) is 11.3. The van der Waals surface area contributed by atoms with Gasteiger partial charge in [-0.3, -0.25) is 0 Å². The topological polar surface area (TPSA) is 0 Å². The van der Waals surface area contributed by atoms with E-state index >= 15 is 0 Å². The van der Waals surface area contributed by atoms with Crippen molar-refractivity contribution in [2.45, 2.75) is 113 Å². The number of benzene rings is 6. The first-order valence-corrected chi connectivity index (χ1v) is 54.6. The Balaban J connectivity index is 1.40. The van der Waals surface area contributed by atoms with Crippen LogP contribution >= 0.6 is 17.0 Å². The zero-order valence-corrected chi connectivity index (χ0v) is 51.8. The Morgan fingerprint density at radius 1 is 0.409 bits per heavy atom. The molecule has 2 unspecified atom stereocenters. The van der Waals surface area contributed by atoms with Gasteiger partial charge in [-0.2, -0.15) is 0 Å². The molecule has 0 radical (unpaired) electrons. The molecule has 6 aromatic carbocycles. The van der Waals surface area contributed by atoms with Gasteiger partial charge in [0.05, 0.1) is 0 Å². The Morgan fingerprint density at radius 2 is 0.712 bits per heavy atom. The molecule has 0 nitrogen and oxygen atoms in total. The molecular formula is C58H73Cl2Si5Zr. The van der Waals surface area contributed by atoms with Gasteiger partial charge in [-0.1, -0.05) is 0 Å². The predicted molar refractivity (Wildman–Crippen MR) is 310 cm³/mol. The molecule has 0 bridgehead atoms. The van der Waals surface area contributed by atoms with E-state index in [0.717, 1.165) is 0 Å². The second-order valence-corrected chi connectivity index (χ2v) is 87.2. The van der Waals surface area contributed by atoms with Gasteiger partial charge in [-0.25, -0.2) is 0 Å². The molecule has 0 fully saturated rings. The van der Waals surface area contributed by atoms with Crippen LogP contribution in [-0.4, -0.2) is 38.2 Å². The molecule has 2 atom stereocenters. The van der Waals surface area contributed by atoms with Crippen molar-refractivity contribution in [1.29, 1.82) is 0 Å². The normalized spacial score (nSPS) is 17.3. The van der Waals surface area contributed by atoms with Crippen LogP contribution in [0.25, 0.3) is 56.7 Å². The van der Waals surface area contributed by atoms with Crippen LogP contribution in [0.1, 0.15) is 43.4 Å². The van der Waals surface area contributed by atoms with Gasteiger partial charge in [0.25, 0.3) is 0 Å². The maximum atomic E-state index is 9.02. The summed E-state index contributed by atoms with van der Waals surface area (Å²) in [6.45, 7) is 39.6. The Hall–Kier alpha value is -2.65. The van der Waals surface area contributed by atoms with Gasteiger partial charge in [0.15, 0.2) is 0 Å². The fourth-order valence-corrected chi connectivity index (χ4v) is 49.0. The minimum atomic E-state index is -5.08. The average molecular weight is 1070 g/mol. The van der Waals surface area contributed by atoms with Gasteiger partial charge in [-0.05, 0) is 0 Å². The number of hydrogen-bond donors (Lipinski definition) is 0. The van der Waals surface area contributed by atoms with Crippen molar-refractivity contribution in [3.63, 3.8) is 0 Å². The maximum absolute atomic E-state index is 9.02. The number of fused-ring (bicyclic) bond motifs is 2. The van der Waals surface area contributed by atoms with E-state index in [-0.39, 0.29) is 7.25 Å². The molecule has 6 aromatic rings. The van der Waals surface area contributed by atoms with Gasteiger partial charge in [0.1, 0.15) is 0 Å². The first-order valence-electron chi connectivity index (χ1n) is 24.3. The minimum absolute atomic E-state index is 0.00177. The molecule has 8 heteroatoms. The third kappa shape index (κ3) is 8.80. The second-order valence-electron chi connectivity index (χ2n) is 24.3. The third-order valence-corrected chi connectivity index (χ3v) is 75.5. The van der Waals surface area contributed by atoms with E-state index in [4.69, 9.17) is 17.0 Å². The van der Waals surface area contributed by atoms with Crippen LogP contribution < -0.4 is 20.7 Å². The summed E-state index contributed by atoms with van der Waals surface area (Å²) in [6, 6.07) is 47.1. The Bertz CT molecular complexity index is 2680. The molecule has 0 N–H and O–H groups in total. The zero-order chi connectivity index (χ0) is 48.1. The molecule has 0 amide bonds. The fraction of sp³-hybridized carbons (Fsp3) is 0.310. The van der Waals surface area contributed by atoms with Crippen molar-refractivity contribution >= 4 is 88.1 Å². The summed E-state index contributed by atoms with van der Waals surface area (Å²) >= 11 is -5.08. The van der Waals surface area contributed by atoms with E-state index in [2.05, 4.69) is 239 Å². The molecule has 2 aliphatic rings. The summed E-state index contributed by atoms with van der Waals surface area (Å²) in [4.78, 5) is 0. The predicted octanol–water partition coefficient (Wildman–Crippen LogP) is 16.1. The van der Waals surface area contributed by atoms with Crippen LogP contribution in [0.3, 0.4) is 0 Å². The van der Waals surface area contributed by atoms with Crippen LogP contribution in [0.4, 0.5) is 0 Å². The van der Waals surface area contributed by atoms with Gasteiger partial charge in [-0.15, -0.1) is 0 Å². The van der Waals surface area contributed by atoms with Crippen LogP contribution in [0.15, 0.2) is 132 Å². The average Bonchev–Trinajstić information content (AvgIpc) is 3.78. The molecule has 0 aliphatic heterocycles. The third-order valence-electron chi connectivity index (χ3n) is 15.1. The Kier molecular flexibility index (Phi) is 13.1. The molecule has 0 saturated carbocycles. The van der Waals surface area contributed by atoms with Crippen molar-refractivity contribution in [3.8, 4) is 44.5 Å². The van der Waals surface area contributed by atoms with Crippen molar-refractivity contribution in [1.82, 2.24) is 0 Å². The summed E-state index contributed by atoms with van der Waals surface area (Å²) in [6.07, 6.45) is 5.04. The van der Waals surface area contributed by atoms with E-state index < -0.39 is 53.8 Å². The molecule has 0 spiro atoms. The van der Waals surface area contributed by atoms with E-state index in [1.165, 1.54) is 98.7 Å². The van der Waals surface area contributed by atoms with Gasteiger partial charge in [0, 0.05) is 0 Å². The summed E-state index contributed by atoms with van der Waals surface area (Å²) in [5.74, 6) is -1.78. The number of allylic oxidation sites excluding steroid dienone is 2. The first kappa shape index (κ1) is 49.8. The van der Waals surface area contributed by atoms with Crippen LogP contribution in [0.2, 0.25) is 91.7 Å². The van der Waals surface area contributed by atoms with Crippen LogP contribution in [0.5, 0.6) is 0 Å². The zero-order valence-electron chi connectivity index (χ0n) is 42.7. The molecule has 0 saturated heterocycles. The van der Waals surface area contributed by atoms with Crippen molar-refractivity contribution in [2.24, 2.45) is 0 Å². The molecule has 66 heavy (non-hydrogen) atoms. The monoisotopic (exact) mass is 1070 g/mol. The second kappa shape index (κ2) is 17.3. The van der Waals surface area contributed by atoms with Gasteiger partial charge in [0.2, 0.25) is 0 Å². The van der Waals surface area contributed by atoms with Crippen molar-refractivity contribution in [3.05, 3.63) is 155 Å². The van der Waals surface area contributed by atoms with Crippen LogP contribution in [-0.2, 0) is 15.6 Å². The van der Waals surface area contributed by atoms with Gasteiger partial charge >= 0.3 is 416 Å². The van der Waals surface area contributed by atoms with Gasteiger partial charge < -0.3 is 0 Å². The summed E-state index contributed by atoms with van der Waals surface area (Å²) < 4.78 is 0.00354. The summed E-state index contributed by atoms with van der Waals surface area (Å²) in [5, 5.41) is 6.11. The van der Waals surface area contributed by atoms with E-state index in [1.807, 2.05) is 0 Å². The molecule has 0 aromatic heterocycles. The molecule has 8 rings (SSSR count). The molecular weight excluding hydrogens is 999 g/mol. The Morgan fingerprint density at radius 3 is 0.985 bits per heavy atom. The number of hydrogen-bond acceptors (Lipinski definition) is 0. The number of rotatable bonds is 11. The molecule has 0 heterocycles.